The summed E-state index contributed by atoms with van der Waals surface area (Å²) in [6, 6.07) is 16.4. The van der Waals surface area contributed by atoms with E-state index in [1.54, 1.807) is 0 Å². The molecule has 0 aliphatic heterocycles. The topological polar surface area (TPSA) is 17.3 Å². The largest absolute Gasteiger partial charge is 0.240 e. The van der Waals surface area contributed by atoms with E-state index in [1.165, 1.54) is 0 Å². The molecule has 82 valence electrons. The molecule has 0 saturated heterocycles. The summed E-state index contributed by atoms with van der Waals surface area (Å²) in [4.78, 5) is 0. The molecule has 2 heterocycles. The number of nitrogens with zero attached hydrogens (tertiary/aromatic N) is 2. The van der Waals surface area contributed by atoms with Crippen LogP contribution in [0, 0.1) is 0 Å². The zero-order valence-corrected chi connectivity index (χ0v) is 9.38. The van der Waals surface area contributed by atoms with Gasteiger partial charge in [0.05, 0.1) is 11.2 Å². The molecule has 0 unspecified atom stereocenters. The van der Waals surface area contributed by atoms with Gasteiger partial charge < -0.3 is 0 Å². The molecule has 0 saturated carbocycles. The predicted octanol–water partition coefficient (Wildman–Crippen LogP) is 3.64. The summed E-state index contributed by atoms with van der Waals surface area (Å²) >= 11 is 0. The van der Waals surface area contributed by atoms with Gasteiger partial charge in [-0.15, -0.1) is 0 Å². The van der Waals surface area contributed by atoms with E-state index in [-0.39, 0.29) is 0 Å². The second-order valence-corrected chi connectivity index (χ2v) is 3.93. The van der Waals surface area contributed by atoms with Gasteiger partial charge in [0, 0.05) is 11.8 Å². The average Bonchev–Trinajstić information content (AvgIpc) is 2.82. The Morgan fingerprint density at radius 2 is 1.88 bits per heavy atom. The van der Waals surface area contributed by atoms with Gasteiger partial charge in [0.15, 0.2) is 0 Å². The van der Waals surface area contributed by atoms with E-state index in [4.69, 9.17) is 0 Å². The van der Waals surface area contributed by atoms with Crippen molar-refractivity contribution in [1.82, 2.24) is 9.61 Å². The maximum absolute atomic E-state index is 4.56. The second kappa shape index (κ2) is 3.91. The van der Waals surface area contributed by atoms with Crippen LogP contribution in [0.15, 0.2) is 61.3 Å². The molecule has 0 spiro atoms. The summed E-state index contributed by atoms with van der Waals surface area (Å²) in [6.07, 6.45) is 3.80. The van der Waals surface area contributed by atoms with E-state index < -0.39 is 0 Å². The highest BCUT2D eigenvalue weighted by Gasteiger charge is 2.03. The fourth-order valence-electron chi connectivity index (χ4n) is 1.87. The molecule has 0 radical (unpaired) electrons. The van der Waals surface area contributed by atoms with Crippen LogP contribution in [0.2, 0.25) is 0 Å². The summed E-state index contributed by atoms with van der Waals surface area (Å²) in [5.41, 5.74) is 4.29. The van der Waals surface area contributed by atoms with Crippen molar-refractivity contribution in [2.45, 2.75) is 0 Å². The molecule has 1 aromatic carbocycles. The smallest absolute Gasteiger partial charge is 0.0933 e. The van der Waals surface area contributed by atoms with Gasteiger partial charge in [0.1, 0.15) is 0 Å². The van der Waals surface area contributed by atoms with E-state index in [2.05, 4.69) is 35.9 Å². The van der Waals surface area contributed by atoms with Gasteiger partial charge in [-0.25, -0.2) is 4.52 Å². The lowest BCUT2D eigenvalue weighted by Crippen LogP contribution is -1.87. The molecule has 0 amide bonds. The van der Waals surface area contributed by atoms with Gasteiger partial charge in [-0.3, -0.25) is 0 Å². The molecule has 3 rings (SSSR count). The number of fused-ring (bicyclic) bond motifs is 1. The quantitative estimate of drug-likeness (QED) is 0.644. The van der Waals surface area contributed by atoms with E-state index in [1.807, 2.05) is 41.1 Å². The molecule has 0 atom stereocenters. The van der Waals surface area contributed by atoms with Gasteiger partial charge >= 0.3 is 0 Å². The van der Waals surface area contributed by atoms with Gasteiger partial charge in [-0.2, -0.15) is 5.10 Å². The molecule has 0 N–H and O–H groups in total. The lowest BCUT2D eigenvalue weighted by Gasteiger charge is -1.95. The van der Waals surface area contributed by atoms with Crippen LogP contribution in [0.5, 0.6) is 0 Å². The Morgan fingerprint density at radius 1 is 1.06 bits per heavy atom. The van der Waals surface area contributed by atoms with Gasteiger partial charge in [-0.05, 0) is 17.7 Å². The number of hydrogen-bond acceptors (Lipinski definition) is 1. The number of pyridine rings is 1. The maximum atomic E-state index is 4.56. The molecule has 0 aliphatic rings. The summed E-state index contributed by atoms with van der Waals surface area (Å²) in [7, 11) is 0. The van der Waals surface area contributed by atoms with Crippen molar-refractivity contribution in [3.8, 4) is 11.3 Å². The zero-order valence-electron chi connectivity index (χ0n) is 9.38. The summed E-state index contributed by atoms with van der Waals surface area (Å²) in [6.45, 7) is 3.76. The normalized spacial score (nSPS) is 10.6. The lowest BCUT2D eigenvalue weighted by molar-refractivity contribution is 0.963. The van der Waals surface area contributed by atoms with Crippen molar-refractivity contribution in [2.24, 2.45) is 0 Å². The molecule has 0 aliphatic carbocycles. The Morgan fingerprint density at radius 3 is 2.65 bits per heavy atom. The minimum absolute atomic E-state index is 0.992. The molecular weight excluding hydrogens is 208 g/mol. The molecule has 2 aromatic heterocycles. The van der Waals surface area contributed by atoms with Crippen molar-refractivity contribution in [3.63, 3.8) is 0 Å². The lowest BCUT2D eigenvalue weighted by atomic mass is 10.1. The number of aromatic nitrogens is 2. The first-order valence-corrected chi connectivity index (χ1v) is 5.54. The van der Waals surface area contributed by atoms with Gasteiger partial charge in [-0.1, -0.05) is 49.1 Å². The Balaban J connectivity index is 2.17. The van der Waals surface area contributed by atoms with E-state index >= 15 is 0 Å². The second-order valence-electron chi connectivity index (χ2n) is 3.93. The van der Waals surface area contributed by atoms with Crippen molar-refractivity contribution in [1.29, 1.82) is 0 Å². The van der Waals surface area contributed by atoms with Crippen LogP contribution in [0.4, 0.5) is 0 Å². The summed E-state index contributed by atoms with van der Waals surface area (Å²) < 4.78 is 1.89. The van der Waals surface area contributed by atoms with Crippen molar-refractivity contribution >= 4 is 11.6 Å². The first-order valence-electron chi connectivity index (χ1n) is 5.54. The third-order valence-electron chi connectivity index (χ3n) is 2.79. The third kappa shape index (κ3) is 1.74. The fourth-order valence-corrected chi connectivity index (χ4v) is 1.87. The Kier molecular flexibility index (Phi) is 2.26. The summed E-state index contributed by atoms with van der Waals surface area (Å²) in [5, 5.41) is 4.56. The Bertz CT molecular complexity index is 666. The van der Waals surface area contributed by atoms with Crippen LogP contribution in [0.3, 0.4) is 0 Å². The molecule has 0 bridgehead atoms. The summed E-state index contributed by atoms with van der Waals surface area (Å²) in [5.74, 6) is 0. The van der Waals surface area contributed by atoms with Crippen LogP contribution < -0.4 is 0 Å². The highest BCUT2D eigenvalue weighted by atomic mass is 15.2. The Labute approximate surface area is 99.8 Å². The average molecular weight is 220 g/mol. The third-order valence-corrected chi connectivity index (χ3v) is 2.79. The monoisotopic (exact) mass is 220 g/mol. The van der Waals surface area contributed by atoms with Gasteiger partial charge in [0.2, 0.25) is 0 Å². The molecule has 2 heteroatoms. The zero-order chi connectivity index (χ0) is 11.7. The van der Waals surface area contributed by atoms with Crippen molar-refractivity contribution in [2.75, 3.05) is 0 Å². The van der Waals surface area contributed by atoms with Gasteiger partial charge in [0.25, 0.3) is 0 Å². The number of benzene rings is 1. The number of hydrogen-bond donors (Lipinski definition) is 0. The van der Waals surface area contributed by atoms with E-state index in [0.717, 1.165) is 22.3 Å². The highest BCUT2D eigenvalue weighted by Crippen LogP contribution is 2.19. The van der Waals surface area contributed by atoms with Crippen LogP contribution >= 0.6 is 0 Å². The molecule has 0 fully saturated rings. The maximum Gasteiger partial charge on any atom is 0.0933 e. The predicted molar refractivity (Wildman–Crippen MR) is 70.7 cm³/mol. The standard InChI is InChI=1S/C15H12N2/c1-2-12-8-9-14-10-15(16-17(14)11-12)13-6-4-3-5-7-13/h2-11H,1H2. The fraction of sp³-hybridized carbons (Fsp3) is 0. The van der Waals surface area contributed by atoms with E-state index in [0.29, 0.717) is 0 Å². The first-order chi connectivity index (χ1) is 8.36. The van der Waals surface area contributed by atoms with E-state index in [9.17, 15) is 0 Å². The molecular formula is C15H12N2. The minimum atomic E-state index is 0.992. The number of rotatable bonds is 2. The van der Waals surface area contributed by atoms with Crippen LogP contribution in [-0.4, -0.2) is 9.61 Å². The first kappa shape index (κ1) is 9.85. The van der Waals surface area contributed by atoms with Crippen LogP contribution in [0.25, 0.3) is 22.9 Å². The minimum Gasteiger partial charge on any atom is -0.240 e. The molecule has 3 aromatic rings. The SMILES string of the molecule is C=Cc1ccc2cc(-c3ccccc3)nn2c1. The van der Waals surface area contributed by atoms with Crippen LogP contribution in [-0.2, 0) is 0 Å². The molecule has 2 nitrogen and oxygen atoms in total. The molecule has 17 heavy (non-hydrogen) atoms. The highest BCUT2D eigenvalue weighted by molar-refractivity contribution is 5.66. The van der Waals surface area contributed by atoms with Crippen molar-refractivity contribution < 1.29 is 0 Å². The Hall–Kier alpha value is -2.35. The van der Waals surface area contributed by atoms with Crippen LogP contribution in [0.1, 0.15) is 5.56 Å². The van der Waals surface area contributed by atoms with Crippen molar-refractivity contribution in [3.05, 3.63) is 66.9 Å².